The van der Waals surface area contributed by atoms with Crippen LogP contribution in [0.5, 0.6) is 0 Å². The molecule has 1 heteroatoms. The third kappa shape index (κ3) is 6.36. The quantitative estimate of drug-likeness (QED) is 0.274. The van der Waals surface area contributed by atoms with Gasteiger partial charge >= 0.3 is 0 Å². The zero-order chi connectivity index (χ0) is 14.6. The van der Waals surface area contributed by atoms with Crippen LogP contribution in [0.4, 0.5) is 0 Å². The molecule has 0 saturated carbocycles. The molecule has 0 aromatic heterocycles. The topological polar surface area (TPSA) is 17.1 Å². The van der Waals surface area contributed by atoms with Gasteiger partial charge in [-0.3, -0.25) is 4.79 Å². The van der Waals surface area contributed by atoms with Gasteiger partial charge in [0.05, 0.1) is 0 Å². The Bertz CT molecular complexity index is 360. The molecule has 20 heavy (non-hydrogen) atoms. The minimum absolute atomic E-state index is 0.263. The molecule has 0 unspecified atom stereocenters. The second kappa shape index (κ2) is 10.7. The van der Waals surface area contributed by atoms with Crippen molar-refractivity contribution in [3.05, 3.63) is 36.0 Å². The molecule has 0 aromatic carbocycles. The van der Waals surface area contributed by atoms with Crippen molar-refractivity contribution < 1.29 is 4.79 Å². The smallest absolute Gasteiger partial charge is 0.181 e. The van der Waals surface area contributed by atoms with Crippen LogP contribution in [0.3, 0.4) is 0 Å². The van der Waals surface area contributed by atoms with Crippen molar-refractivity contribution in [2.24, 2.45) is 0 Å². The SMILES string of the molecule is C=CCCC1=C(C(=O)/C=C/CCCCCC)CCCC1. The van der Waals surface area contributed by atoms with E-state index in [2.05, 4.69) is 19.6 Å². The van der Waals surface area contributed by atoms with Crippen LogP contribution >= 0.6 is 0 Å². The molecule has 0 fully saturated rings. The molecule has 1 rings (SSSR count). The Kier molecular flexibility index (Phi) is 9.02. The number of hydrogen-bond donors (Lipinski definition) is 0. The summed E-state index contributed by atoms with van der Waals surface area (Å²) >= 11 is 0. The van der Waals surface area contributed by atoms with Gasteiger partial charge in [-0.15, -0.1) is 6.58 Å². The van der Waals surface area contributed by atoms with Gasteiger partial charge in [0, 0.05) is 0 Å². The van der Waals surface area contributed by atoms with Crippen LogP contribution in [-0.2, 0) is 4.79 Å². The van der Waals surface area contributed by atoms with Crippen molar-refractivity contribution in [3.63, 3.8) is 0 Å². The molecule has 1 nitrogen and oxygen atoms in total. The van der Waals surface area contributed by atoms with Crippen LogP contribution in [0.2, 0.25) is 0 Å². The average molecular weight is 274 g/mol. The highest BCUT2D eigenvalue weighted by molar-refractivity contribution is 6.04. The van der Waals surface area contributed by atoms with E-state index in [1.807, 2.05) is 12.2 Å². The van der Waals surface area contributed by atoms with Crippen LogP contribution in [0, 0.1) is 0 Å². The summed E-state index contributed by atoms with van der Waals surface area (Å²) < 4.78 is 0. The van der Waals surface area contributed by atoms with Crippen LogP contribution in [0.15, 0.2) is 36.0 Å². The van der Waals surface area contributed by atoms with Gasteiger partial charge in [0.15, 0.2) is 5.78 Å². The second-order valence-electron chi connectivity index (χ2n) is 5.73. The molecule has 0 atom stereocenters. The maximum absolute atomic E-state index is 12.3. The van der Waals surface area contributed by atoms with E-state index in [9.17, 15) is 4.79 Å². The van der Waals surface area contributed by atoms with E-state index in [4.69, 9.17) is 0 Å². The van der Waals surface area contributed by atoms with E-state index in [1.165, 1.54) is 44.1 Å². The largest absolute Gasteiger partial charge is 0.290 e. The molecule has 0 amide bonds. The number of carbonyl (C=O) groups is 1. The highest BCUT2D eigenvalue weighted by Gasteiger charge is 2.16. The number of carbonyl (C=O) groups excluding carboxylic acids is 1. The lowest BCUT2D eigenvalue weighted by Gasteiger charge is -2.18. The van der Waals surface area contributed by atoms with E-state index in [-0.39, 0.29) is 5.78 Å². The van der Waals surface area contributed by atoms with Gasteiger partial charge in [-0.05, 0) is 63.0 Å². The van der Waals surface area contributed by atoms with Gasteiger partial charge in [-0.1, -0.05) is 43.9 Å². The number of allylic oxidation sites excluding steroid dienone is 5. The molecular formula is C19H30O. The molecule has 0 saturated heterocycles. The summed E-state index contributed by atoms with van der Waals surface area (Å²) in [6.45, 7) is 6.00. The molecule has 1 aliphatic carbocycles. The molecular weight excluding hydrogens is 244 g/mol. The average Bonchev–Trinajstić information content (AvgIpc) is 2.48. The van der Waals surface area contributed by atoms with E-state index in [0.29, 0.717) is 0 Å². The molecule has 0 radical (unpaired) electrons. The normalized spacial score (nSPS) is 15.8. The van der Waals surface area contributed by atoms with E-state index in [0.717, 1.165) is 37.7 Å². The first-order valence-corrected chi connectivity index (χ1v) is 8.32. The molecule has 112 valence electrons. The molecule has 0 spiro atoms. The van der Waals surface area contributed by atoms with Crippen molar-refractivity contribution >= 4 is 5.78 Å². The van der Waals surface area contributed by atoms with Crippen molar-refractivity contribution in [3.8, 4) is 0 Å². The molecule has 1 aliphatic rings. The van der Waals surface area contributed by atoms with Gasteiger partial charge in [0.2, 0.25) is 0 Å². The Balaban J connectivity index is 2.47. The zero-order valence-corrected chi connectivity index (χ0v) is 13.1. The summed E-state index contributed by atoms with van der Waals surface area (Å²) in [7, 11) is 0. The van der Waals surface area contributed by atoms with Gasteiger partial charge in [0.25, 0.3) is 0 Å². The van der Waals surface area contributed by atoms with Crippen LogP contribution in [0.1, 0.15) is 77.6 Å². The number of hydrogen-bond acceptors (Lipinski definition) is 1. The van der Waals surface area contributed by atoms with Crippen molar-refractivity contribution in [2.75, 3.05) is 0 Å². The maximum Gasteiger partial charge on any atom is 0.181 e. The van der Waals surface area contributed by atoms with Gasteiger partial charge in [0.1, 0.15) is 0 Å². The summed E-state index contributed by atoms with van der Waals surface area (Å²) in [5, 5.41) is 0. The summed E-state index contributed by atoms with van der Waals surface area (Å²) in [5.41, 5.74) is 2.49. The zero-order valence-electron chi connectivity index (χ0n) is 13.1. The standard InChI is InChI=1S/C19H30O/c1-3-5-7-8-9-10-16-19(20)18-15-12-11-14-17(18)13-6-4-2/h4,10,16H,2-3,5-9,11-15H2,1H3/b16-10+. The van der Waals surface area contributed by atoms with Crippen LogP contribution < -0.4 is 0 Å². The Labute approximate surface area is 124 Å². The van der Waals surface area contributed by atoms with Gasteiger partial charge < -0.3 is 0 Å². The summed E-state index contributed by atoms with van der Waals surface area (Å²) in [6.07, 6.45) is 18.5. The highest BCUT2D eigenvalue weighted by atomic mass is 16.1. The lowest BCUT2D eigenvalue weighted by Crippen LogP contribution is -2.08. The monoisotopic (exact) mass is 274 g/mol. The van der Waals surface area contributed by atoms with Crippen LogP contribution in [0.25, 0.3) is 0 Å². The van der Waals surface area contributed by atoms with E-state index < -0.39 is 0 Å². The van der Waals surface area contributed by atoms with E-state index >= 15 is 0 Å². The number of rotatable bonds is 10. The van der Waals surface area contributed by atoms with Crippen molar-refractivity contribution in [1.82, 2.24) is 0 Å². The summed E-state index contributed by atoms with van der Waals surface area (Å²) in [5.74, 6) is 0.263. The minimum atomic E-state index is 0.263. The predicted molar refractivity (Wildman–Crippen MR) is 87.8 cm³/mol. The lowest BCUT2D eigenvalue weighted by atomic mass is 9.86. The van der Waals surface area contributed by atoms with Crippen molar-refractivity contribution in [2.45, 2.75) is 77.6 Å². The Morgan fingerprint density at radius 2 is 1.95 bits per heavy atom. The fourth-order valence-electron chi connectivity index (χ4n) is 2.80. The third-order valence-electron chi connectivity index (χ3n) is 4.02. The lowest BCUT2D eigenvalue weighted by molar-refractivity contribution is -0.111. The van der Waals surface area contributed by atoms with Gasteiger partial charge in [-0.2, -0.15) is 0 Å². The second-order valence-corrected chi connectivity index (χ2v) is 5.73. The minimum Gasteiger partial charge on any atom is -0.290 e. The predicted octanol–water partition coefficient (Wildman–Crippen LogP) is 5.92. The molecule has 0 N–H and O–H groups in total. The molecule has 0 aromatic rings. The first-order valence-electron chi connectivity index (χ1n) is 8.32. The Morgan fingerprint density at radius 1 is 1.15 bits per heavy atom. The van der Waals surface area contributed by atoms with Crippen molar-refractivity contribution in [1.29, 1.82) is 0 Å². The fraction of sp³-hybridized carbons (Fsp3) is 0.632. The maximum atomic E-state index is 12.3. The van der Waals surface area contributed by atoms with Gasteiger partial charge in [-0.25, -0.2) is 0 Å². The highest BCUT2D eigenvalue weighted by Crippen LogP contribution is 2.28. The molecule has 0 bridgehead atoms. The Hall–Kier alpha value is -1.11. The summed E-state index contributed by atoms with van der Waals surface area (Å²) in [6, 6.07) is 0. The van der Waals surface area contributed by atoms with Crippen LogP contribution in [-0.4, -0.2) is 5.78 Å². The summed E-state index contributed by atoms with van der Waals surface area (Å²) in [4.78, 5) is 12.3. The first-order chi connectivity index (χ1) is 9.79. The fourth-order valence-corrected chi connectivity index (χ4v) is 2.80. The first kappa shape index (κ1) is 16.9. The Morgan fingerprint density at radius 3 is 2.70 bits per heavy atom. The number of ketones is 1. The molecule has 0 aliphatic heterocycles. The third-order valence-corrected chi connectivity index (χ3v) is 4.02. The van der Waals surface area contributed by atoms with E-state index in [1.54, 1.807) is 0 Å². The number of unbranched alkanes of at least 4 members (excludes halogenated alkanes) is 4. The molecule has 0 heterocycles.